The van der Waals surface area contributed by atoms with E-state index in [1.807, 2.05) is 31.2 Å². The first-order valence-electron chi connectivity index (χ1n) is 7.61. The lowest BCUT2D eigenvalue weighted by Crippen LogP contribution is -2.29. The second-order valence-electron chi connectivity index (χ2n) is 5.61. The van der Waals surface area contributed by atoms with Crippen molar-refractivity contribution in [3.63, 3.8) is 0 Å². The third-order valence-electron chi connectivity index (χ3n) is 4.47. The van der Waals surface area contributed by atoms with Crippen LogP contribution in [0.25, 0.3) is 0 Å². The molecular formula is C17H24O3. The Labute approximate surface area is 121 Å². The van der Waals surface area contributed by atoms with Gasteiger partial charge < -0.3 is 9.84 Å². The van der Waals surface area contributed by atoms with Crippen molar-refractivity contribution in [1.82, 2.24) is 0 Å². The number of aliphatic carboxylic acids is 1. The summed E-state index contributed by atoms with van der Waals surface area (Å²) >= 11 is 0. The predicted octanol–water partition coefficient (Wildman–Crippen LogP) is 4.08. The van der Waals surface area contributed by atoms with E-state index in [1.54, 1.807) is 0 Å². The Kier molecular flexibility index (Phi) is 5.05. The van der Waals surface area contributed by atoms with Crippen LogP contribution < -0.4 is 4.74 Å². The molecule has 3 heteroatoms. The molecular weight excluding hydrogens is 252 g/mol. The number of benzene rings is 1. The van der Waals surface area contributed by atoms with E-state index in [9.17, 15) is 9.90 Å². The molecule has 0 bridgehead atoms. The summed E-state index contributed by atoms with van der Waals surface area (Å²) < 4.78 is 5.69. The summed E-state index contributed by atoms with van der Waals surface area (Å²) in [5, 5.41) is 9.51. The van der Waals surface area contributed by atoms with E-state index in [1.165, 1.54) is 0 Å². The summed E-state index contributed by atoms with van der Waals surface area (Å²) in [6.45, 7) is 4.76. The normalized spacial score (nSPS) is 26.2. The molecule has 1 fully saturated rings. The third-order valence-corrected chi connectivity index (χ3v) is 4.47. The van der Waals surface area contributed by atoms with E-state index in [4.69, 9.17) is 4.74 Å². The SMILES string of the molecule is CCOc1ccccc1C1CC(CC)CCC1C(=O)O. The summed E-state index contributed by atoms with van der Waals surface area (Å²) in [6, 6.07) is 7.91. The van der Waals surface area contributed by atoms with Crippen LogP contribution in [0.5, 0.6) is 5.75 Å². The molecule has 0 saturated heterocycles. The fourth-order valence-corrected chi connectivity index (χ4v) is 3.34. The topological polar surface area (TPSA) is 46.5 Å². The van der Waals surface area contributed by atoms with E-state index >= 15 is 0 Å². The molecule has 1 aromatic carbocycles. The van der Waals surface area contributed by atoms with Crippen molar-refractivity contribution in [2.45, 2.75) is 45.4 Å². The third kappa shape index (κ3) is 3.14. The Morgan fingerprint density at radius 2 is 2.05 bits per heavy atom. The highest BCUT2D eigenvalue weighted by Gasteiger charge is 2.36. The van der Waals surface area contributed by atoms with Crippen molar-refractivity contribution in [1.29, 1.82) is 0 Å². The molecule has 20 heavy (non-hydrogen) atoms. The number of rotatable bonds is 5. The molecule has 110 valence electrons. The van der Waals surface area contributed by atoms with Gasteiger partial charge in [0.15, 0.2) is 0 Å². The lowest BCUT2D eigenvalue weighted by molar-refractivity contribution is -0.143. The maximum Gasteiger partial charge on any atom is 0.307 e. The Balaban J connectivity index is 2.32. The van der Waals surface area contributed by atoms with Crippen molar-refractivity contribution in [3.05, 3.63) is 29.8 Å². The quantitative estimate of drug-likeness (QED) is 0.881. The van der Waals surface area contributed by atoms with Crippen LogP contribution in [-0.4, -0.2) is 17.7 Å². The fourth-order valence-electron chi connectivity index (χ4n) is 3.34. The first-order chi connectivity index (χ1) is 9.67. The van der Waals surface area contributed by atoms with Crippen molar-refractivity contribution < 1.29 is 14.6 Å². The summed E-state index contributed by atoms with van der Waals surface area (Å²) in [5.74, 6) is 0.609. The van der Waals surface area contributed by atoms with Gasteiger partial charge in [-0.05, 0) is 43.7 Å². The van der Waals surface area contributed by atoms with Gasteiger partial charge in [0.25, 0.3) is 0 Å². The van der Waals surface area contributed by atoms with Gasteiger partial charge in [-0.3, -0.25) is 4.79 Å². The number of hydrogen-bond acceptors (Lipinski definition) is 2. The Hall–Kier alpha value is -1.51. The average Bonchev–Trinajstić information content (AvgIpc) is 2.47. The van der Waals surface area contributed by atoms with Gasteiger partial charge in [0.1, 0.15) is 5.75 Å². The van der Waals surface area contributed by atoms with E-state index in [0.29, 0.717) is 12.5 Å². The maximum absolute atomic E-state index is 11.6. The molecule has 0 radical (unpaired) electrons. The molecule has 0 spiro atoms. The molecule has 3 unspecified atom stereocenters. The van der Waals surface area contributed by atoms with Gasteiger partial charge in [0.2, 0.25) is 0 Å². The van der Waals surface area contributed by atoms with Gasteiger partial charge in [-0.15, -0.1) is 0 Å². The minimum Gasteiger partial charge on any atom is -0.494 e. The maximum atomic E-state index is 11.6. The molecule has 1 saturated carbocycles. The molecule has 1 N–H and O–H groups in total. The van der Waals surface area contributed by atoms with E-state index in [2.05, 4.69) is 6.92 Å². The van der Waals surface area contributed by atoms with E-state index in [0.717, 1.165) is 37.0 Å². The molecule has 1 aliphatic rings. The predicted molar refractivity (Wildman–Crippen MR) is 79.1 cm³/mol. The Morgan fingerprint density at radius 3 is 2.70 bits per heavy atom. The minimum absolute atomic E-state index is 0.0777. The van der Waals surface area contributed by atoms with Crippen molar-refractivity contribution >= 4 is 5.97 Å². The van der Waals surface area contributed by atoms with Crippen LogP contribution in [0.2, 0.25) is 0 Å². The number of carbonyl (C=O) groups is 1. The van der Waals surface area contributed by atoms with Gasteiger partial charge in [0, 0.05) is 5.92 Å². The first-order valence-corrected chi connectivity index (χ1v) is 7.61. The lowest BCUT2D eigenvalue weighted by atomic mass is 9.70. The van der Waals surface area contributed by atoms with Crippen molar-refractivity contribution in [2.75, 3.05) is 6.61 Å². The van der Waals surface area contributed by atoms with Gasteiger partial charge in [-0.2, -0.15) is 0 Å². The smallest absolute Gasteiger partial charge is 0.307 e. The molecule has 3 nitrogen and oxygen atoms in total. The van der Waals surface area contributed by atoms with Gasteiger partial charge in [-0.25, -0.2) is 0 Å². The second-order valence-corrected chi connectivity index (χ2v) is 5.61. The van der Waals surface area contributed by atoms with Crippen LogP contribution in [0.15, 0.2) is 24.3 Å². The van der Waals surface area contributed by atoms with Crippen LogP contribution in [0.4, 0.5) is 0 Å². The van der Waals surface area contributed by atoms with Crippen LogP contribution in [-0.2, 0) is 4.79 Å². The van der Waals surface area contributed by atoms with Crippen LogP contribution in [0.1, 0.15) is 51.0 Å². The largest absolute Gasteiger partial charge is 0.494 e. The lowest BCUT2D eigenvalue weighted by Gasteiger charge is -2.34. The number of ether oxygens (including phenoxy) is 1. The number of hydrogen-bond donors (Lipinski definition) is 1. The number of carboxylic acid groups (broad SMARTS) is 1. The second kappa shape index (κ2) is 6.78. The molecule has 3 atom stereocenters. The fraction of sp³-hybridized carbons (Fsp3) is 0.588. The molecule has 0 aliphatic heterocycles. The van der Waals surface area contributed by atoms with Crippen LogP contribution >= 0.6 is 0 Å². The number of carboxylic acids is 1. The molecule has 0 amide bonds. The molecule has 0 heterocycles. The average molecular weight is 276 g/mol. The van der Waals surface area contributed by atoms with Crippen molar-refractivity contribution in [2.24, 2.45) is 11.8 Å². The highest BCUT2D eigenvalue weighted by atomic mass is 16.5. The number of para-hydroxylation sites is 1. The van der Waals surface area contributed by atoms with Crippen LogP contribution in [0, 0.1) is 11.8 Å². The standard InChI is InChI=1S/C17H24O3/c1-3-12-9-10-14(17(18)19)15(11-12)13-7-5-6-8-16(13)20-4-2/h5-8,12,14-15H,3-4,9-11H2,1-2H3,(H,18,19). The van der Waals surface area contributed by atoms with Crippen molar-refractivity contribution in [3.8, 4) is 5.75 Å². The zero-order valence-electron chi connectivity index (χ0n) is 12.3. The van der Waals surface area contributed by atoms with E-state index < -0.39 is 5.97 Å². The zero-order chi connectivity index (χ0) is 14.5. The highest BCUT2D eigenvalue weighted by molar-refractivity contribution is 5.72. The monoisotopic (exact) mass is 276 g/mol. The molecule has 2 rings (SSSR count). The highest BCUT2D eigenvalue weighted by Crippen LogP contribution is 2.44. The van der Waals surface area contributed by atoms with Gasteiger partial charge >= 0.3 is 5.97 Å². The Morgan fingerprint density at radius 1 is 1.30 bits per heavy atom. The minimum atomic E-state index is -0.671. The molecule has 1 aliphatic carbocycles. The summed E-state index contributed by atoms with van der Waals surface area (Å²) in [7, 11) is 0. The van der Waals surface area contributed by atoms with Crippen LogP contribution in [0.3, 0.4) is 0 Å². The molecule has 1 aromatic rings. The summed E-state index contributed by atoms with van der Waals surface area (Å²) in [5.41, 5.74) is 1.07. The summed E-state index contributed by atoms with van der Waals surface area (Å²) in [6.07, 6.45) is 3.89. The summed E-state index contributed by atoms with van der Waals surface area (Å²) in [4.78, 5) is 11.6. The van der Waals surface area contributed by atoms with Gasteiger partial charge in [-0.1, -0.05) is 31.5 Å². The Bertz CT molecular complexity index is 455. The first kappa shape index (κ1) is 14.9. The van der Waals surface area contributed by atoms with E-state index in [-0.39, 0.29) is 11.8 Å². The zero-order valence-corrected chi connectivity index (χ0v) is 12.3. The molecule has 0 aromatic heterocycles. The van der Waals surface area contributed by atoms with Gasteiger partial charge in [0.05, 0.1) is 12.5 Å².